The van der Waals surface area contributed by atoms with E-state index in [-0.39, 0.29) is 12.3 Å². The lowest BCUT2D eigenvalue weighted by molar-refractivity contribution is -0.137. The molecule has 0 bridgehead atoms. The first-order valence-corrected chi connectivity index (χ1v) is 7.71. The predicted octanol–water partition coefficient (Wildman–Crippen LogP) is 3.92. The van der Waals surface area contributed by atoms with Gasteiger partial charge in [-0.1, -0.05) is 29.3 Å². The SMILES string of the molecule is CCOC(=O)NN=C(c1ccc(NC(C)=O)cc1C(F)(F)F)C(Cl)Cl. The molecule has 0 saturated heterocycles. The molecule has 0 atom stereocenters. The van der Waals surface area contributed by atoms with E-state index in [1.165, 1.54) is 6.07 Å². The molecule has 0 aromatic heterocycles. The Balaban J connectivity index is 3.36. The molecule has 2 N–H and O–H groups in total. The van der Waals surface area contributed by atoms with Gasteiger partial charge in [0.1, 0.15) is 5.71 Å². The number of carbonyl (C=O) groups excluding carboxylic acids is 2. The summed E-state index contributed by atoms with van der Waals surface area (Å²) in [5.41, 5.74) is -0.171. The van der Waals surface area contributed by atoms with Crippen LogP contribution in [0.3, 0.4) is 0 Å². The van der Waals surface area contributed by atoms with Gasteiger partial charge in [0.25, 0.3) is 0 Å². The molecule has 1 rings (SSSR count). The summed E-state index contributed by atoms with van der Waals surface area (Å²) in [6.07, 6.45) is -5.76. The molecular formula is C14H14Cl2F3N3O3. The maximum Gasteiger partial charge on any atom is 0.427 e. The van der Waals surface area contributed by atoms with Crippen molar-refractivity contribution in [2.24, 2.45) is 5.10 Å². The lowest BCUT2D eigenvalue weighted by atomic mass is 10.0. The van der Waals surface area contributed by atoms with E-state index in [0.29, 0.717) is 6.07 Å². The monoisotopic (exact) mass is 399 g/mol. The number of amides is 2. The molecule has 138 valence electrons. The zero-order chi connectivity index (χ0) is 19.2. The number of nitrogens with zero attached hydrogens (tertiary/aromatic N) is 1. The molecule has 0 aliphatic carbocycles. The summed E-state index contributed by atoms with van der Waals surface area (Å²) in [5, 5.41) is 5.76. The average molecular weight is 400 g/mol. The Morgan fingerprint density at radius 3 is 2.44 bits per heavy atom. The van der Waals surface area contributed by atoms with E-state index < -0.39 is 39.9 Å². The van der Waals surface area contributed by atoms with E-state index in [4.69, 9.17) is 23.2 Å². The first kappa shape index (κ1) is 21.0. The lowest BCUT2D eigenvalue weighted by Gasteiger charge is -2.17. The van der Waals surface area contributed by atoms with Crippen molar-refractivity contribution in [1.82, 2.24) is 5.43 Å². The molecule has 0 unspecified atom stereocenters. The van der Waals surface area contributed by atoms with Gasteiger partial charge in [-0.15, -0.1) is 0 Å². The van der Waals surface area contributed by atoms with Gasteiger partial charge >= 0.3 is 12.3 Å². The lowest BCUT2D eigenvalue weighted by Crippen LogP contribution is -2.25. The van der Waals surface area contributed by atoms with Gasteiger partial charge < -0.3 is 10.1 Å². The molecule has 0 aliphatic heterocycles. The fourth-order valence-corrected chi connectivity index (χ4v) is 2.11. The molecule has 0 saturated carbocycles. The first-order valence-electron chi connectivity index (χ1n) is 6.84. The number of hydrogen-bond donors (Lipinski definition) is 2. The van der Waals surface area contributed by atoms with Gasteiger partial charge in [0.15, 0.2) is 4.84 Å². The highest BCUT2D eigenvalue weighted by Crippen LogP contribution is 2.35. The molecule has 1 aromatic rings. The molecule has 0 spiro atoms. The Morgan fingerprint density at radius 1 is 1.32 bits per heavy atom. The van der Waals surface area contributed by atoms with Crippen molar-refractivity contribution in [3.63, 3.8) is 0 Å². The van der Waals surface area contributed by atoms with Crippen LogP contribution in [0.15, 0.2) is 23.3 Å². The van der Waals surface area contributed by atoms with Gasteiger partial charge in [0.05, 0.1) is 12.2 Å². The van der Waals surface area contributed by atoms with E-state index in [0.717, 1.165) is 13.0 Å². The van der Waals surface area contributed by atoms with Gasteiger partial charge in [-0.25, -0.2) is 10.2 Å². The highest BCUT2D eigenvalue weighted by atomic mass is 35.5. The second kappa shape index (κ2) is 8.91. The zero-order valence-electron chi connectivity index (χ0n) is 13.1. The Labute approximate surface area is 151 Å². The van der Waals surface area contributed by atoms with Gasteiger partial charge in [0, 0.05) is 18.2 Å². The first-order chi connectivity index (χ1) is 11.6. The summed E-state index contributed by atoms with van der Waals surface area (Å²) in [4.78, 5) is 20.8. The van der Waals surface area contributed by atoms with Crippen molar-refractivity contribution >= 4 is 46.6 Å². The van der Waals surface area contributed by atoms with Gasteiger partial charge in [-0.2, -0.15) is 18.3 Å². The number of carbonyl (C=O) groups is 2. The number of benzene rings is 1. The zero-order valence-corrected chi connectivity index (χ0v) is 14.6. The second-order valence-corrected chi connectivity index (χ2v) is 5.67. The topological polar surface area (TPSA) is 79.8 Å². The van der Waals surface area contributed by atoms with Gasteiger partial charge in [-0.05, 0) is 19.1 Å². The maximum atomic E-state index is 13.3. The molecule has 0 aliphatic rings. The Morgan fingerprint density at radius 2 is 1.96 bits per heavy atom. The third-order valence-electron chi connectivity index (χ3n) is 2.67. The number of anilines is 1. The van der Waals surface area contributed by atoms with Crippen LogP contribution in [0, 0.1) is 0 Å². The maximum absolute atomic E-state index is 13.3. The van der Waals surface area contributed by atoms with Gasteiger partial charge in [-0.3, -0.25) is 4.79 Å². The van der Waals surface area contributed by atoms with E-state index in [2.05, 4.69) is 15.2 Å². The largest absolute Gasteiger partial charge is 0.449 e. The summed E-state index contributed by atoms with van der Waals surface area (Å²) in [6.45, 7) is 2.74. The van der Waals surface area contributed by atoms with Crippen molar-refractivity contribution in [1.29, 1.82) is 0 Å². The molecule has 1 aromatic carbocycles. The summed E-state index contributed by atoms with van der Waals surface area (Å²) in [6, 6.07) is 2.98. The van der Waals surface area contributed by atoms with E-state index >= 15 is 0 Å². The smallest absolute Gasteiger partial charge is 0.427 e. The van der Waals surface area contributed by atoms with E-state index in [1.54, 1.807) is 6.92 Å². The van der Waals surface area contributed by atoms with Crippen LogP contribution in [0.1, 0.15) is 25.0 Å². The quantitative estimate of drug-likeness (QED) is 0.447. The fraction of sp³-hybridized carbons (Fsp3) is 0.357. The Bertz CT molecular complexity index is 679. The molecule has 11 heteroatoms. The van der Waals surface area contributed by atoms with Crippen molar-refractivity contribution in [3.8, 4) is 0 Å². The minimum atomic E-state index is -4.78. The van der Waals surface area contributed by atoms with Crippen molar-refractivity contribution in [3.05, 3.63) is 29.3 Å². The highest BCUT2D eigenvalue weighted by molar-refractivity contribution is 6.56. The Hall–Kier alpha value is -2.00. The molecular weight excluding hydrogens is 386 g/mol. The summed E-state index contributed by atoms with van der Waals surface area (Å²) < 4.78 is 44.6. The van der Waals surface area contributed by atoms with Crippen LogP contribution in [-0.4, -0.2) is 29.2 Å². The minimum absolute atomic E-state index is 0.0427. The number of nitrogens with one attached hydrogen (secondary N) is 2. The van der Waals surface area contributed by atoms with Crippen molar-refractivity contribution < 1.29 is 27.5 Å². The normalized spacial score (nSPS) is 12.1. The summed E-state index contributed by atoms with van der Waals surface area (Å²) in [7, 11) is 0. The van der Waals surface area contributed by atoms with Crippen LogP contribution < -0.4 is 10.7 Å². The van der Waals surface area contributed by atoms with Crippen LogP contribution in [0.2, 0.25) is 0 Å². The number of hydrogen-bond acceptors (Lipinski definition) is 4. The predicted molar refractivity (Wildman–Crippen MR) is 87.9 cm³/mol. The van der Waals surface area contributed by atoms with Gasteiger partial charge in [0.2, 0.25) is 5.91 Å². The van der Waals surface area contributed by atoms with Crippen LogP contribution in [0.5, 0.6) is 0 Å². The second-order valence-electron chi connectivity index (χ2n) is 4.57. The fourth-order valence-electron chi connectivity index (χ4n) is 1.78. The summed E-state index contributed by atoms with van der Waals surface area (Å²) in [5.74, 6) is -0.536. The molecule has 6 nitrogen and oxygen atoms in total. The number of halogens is 5. The molecule has 0 heterocycles. The van der Waals surface area contributed by atoms with E-state index in [9.17, 15) is 22.8 Å². The van der Waals surface area contributed by atoms with E-state index in [1.807, 2.05) is 5.43 Å². The van der Waals surface area contributed by atoms with Crippen LogP contribution >= 0.6 is 23.2 Å². The van der Waals surface area contributed by atoms with Crippen molar-refractivity contribution in [2.45, 2.75) is 24.9 Å². The van der Waals surface area contributed by atoms with Crippen LogP contribution in [0.4, 0.5) is 23.7 Å². The molecule has 2 amide bonds. The number of hydrazone groups is 1. The standard InChI is InChI=1S/C14H14Cl2F3N3O3/c1-3-25-13(24)22-21-11(12(15)16)9-5-4-8(20-7(2)23)6-10(9)14(17,18)19/h4-6,12H,3H2,1-2H3,(H,20,23)(H,22,24). The highest BCUT2D eigenvalue weighted by Gasteiger charge is 2.36. The number of ether oxygens (including phenoxy) is 1. The third kappa shape index (κ3) is 6.43. The van der Waals surface area contributed by atoms with Crippen LogP contribution in [0.25, 0.3) is 0 Å². The minimum Gasteiger partial charge on any atom is -0.449 e. The molecule has 0 fully saturated rings. The third-order valence-corrected chi connectivity index (χ3v) is 3.08. The number of alkyl halides is 5. The van der Waals surface area contributed by atoms with Crippen LogP contribution in [-0.2, 0) is 15.7 Å². The molecule has 25 heavy (non-hydrogen) atoms. The van der Waals surface area contributed by atoms with Crippen molar-refractivity contribution in [2.75, 3.05) is 11.9 Å². The number of rotatable bonds is 5. The molecule has 0 radical (unpaired) electrons. The Kier molecular flexibility index (Phi) is 7.50. The summed E-state index contributed by atoms with van der Waals surface area (Å²) >= 11 is 11.4. The average Bonchev–Trinajstić information content (AvgIpc) is 2.46.